The molecule has 0 radical (unpaired) electrons. The second-order valence-electron chi connectivity index (χ2n) is 6.75. The zero-order valence-electron chi connectivity index (χ0n) is 14.0. The molecule has 0 saturated heterocycles. The summed E-state index contributed by atoms with van der Waals surface area (Å²) in [5.41, 5.74) is 4.88. The average Bonchev–Trinajstić information content (AvgIpc) is 3.07. The summed E-state index contributed by atoms with van der Waals surface area (Å²) in [7, 11) is 0. The van der Waals surface area contributed by atoms with Crippen LogP contribution in [0.1, 0.15) is 12.0 Å². The zero-order valence-corrected chi connectivity index (χ0v) is 14.0. The van der Waals surface area contributed by atoms with Gasteiger partial charge in [-0.05, 0) is 42.7 Å². The van der Waals surface area contributed by atoms with E-state index in [4.69, 9.17) is 0 Å². The molecule has 1 aliphatic rings. The number of aromatic nitrogens is 4. The van der Waals surface area contributed by atoms with Crippen molar-refractivity contribution in [2.24, 2.45) is 5.92 Å². The Hall–Kier alpha value is -3.22. The first kappa shape index (κ1) is 15.1. The Balaban J connectivity index is 1.48. The molecule has 6 nitrogen and oxygen atoms in total. The second-order valence-corrected chi connectivity index (χ2v) is 6.75. The van der Waals surface area contributed by atoms with Crippen LogP contribution in [0.5, 0.6) is 0 Å². The molecule has 0 aromatic carbocycles. The summed E-state index contributed by atoms with van der Waals surface area (Å²) < 4.78 is 14.7. The highest BCUT2D eigenvalue weighted by Crippen LogP contribution is 2.34. The maximum atomic E-state index is 13.0. The largest absolute Gasteiger partial charge is 0.346 e. The summed E-state index contributed by atoms with van der Waals surface area (Å²) in [6, 6.07) is 7.83. The summed E-state index contributed by atoms with van der Waals surface area (Å²) in [6.07, 6.45) is 4.90. The number of nitrogens with one attached hydrogen (secondary N) is 2. The summed E-state index contributed by atoms with van der Waals surface area (Å²) in [6.45, 7) is 2.04. The normalized spacial score (nSPS) is 19.2. The van der Waals surface area contributed by atoms with E-state index in [1.54, 1.807) is 10.6 Å². The molecule has 2 N–H and O–H groups in total. The molecule has 26 heavy (non-hydrogen) atoms. The van der Waals surface area contributed by atoms with E-state index in [0.29, 0.717) is 12.2 Å². The molecule has 4 aromatic rings. The number of fused-ring (bicyclic) bond motifs is 2. The van der Waals surface area contributed by atoms with Gasteiger partial charge in [0.25, 0.3) is 0 Å². The topological polar surface area (TPSA) is 75.1 Å². The van der Waals surface area contributed by atoms with Gasteiger partial charge in [0.15, 0.2) is 5.82 Å². The van der Waals surface area contributed by atoms with E-state index < -0.39 is 12.1 Å². The van der Waals surface area contributed by atoms with Gasteiger partial charge in [-0.1, -0.05) is 0 Å². The van der Waals surface area contributed by atoms with Crippen molar-refractivity contribution in [2.45, 2.75) is 19.5 Å². The minimum atomic E-state index is -1.02. The van der Waals surface area contributed by atoms with Gasteiger partial charge in [0.2, 0.25) is 5.91 Å². The van der Waals surface area contributed by atoms with Gasteiger partial charge < -0.3 is 10.3 Å². The molecule has 0 bridgehead atoms. The van der Waals surface area contributed by atoms with Crippen LogP contribution in [0.3, 0.4) is 0 Å². The molecule has 0 aliphatic heterocycles. The number of hydrogen-bond donors (Lipinski definition) is 2. The maximum Gasteiger partial charge on any atom is 0.231 e. The fourth-order valence-electron chi connectivity index (χ4n) is 3.18. The minimum Gasteiger partial charge on any atom is -0.346 e. The van der Waals surface area contributed by atoms with Crippen molar-refractivity contribution in [3.8, 4) is 11.1 Å². The molecule has 5 rings (SSSR count). The van der Waals surface area contributed by atoms with Crippen LogP contribution in [0.4, 0.5) is 10.2 Å². The first-order chi connectivity index (χ1) is 12.6. The third-order valence-corrected chi connectivity index (χ3v) is 4.84. The van der Waals surface area contributed by atoms with Crippen LogP contribution < -0.4 is 5.32 Å². The van der Waals surface area contributed by atoms with Crippen LogP contribution in [0.15, 0.2) is 42.9 Å². The number of hydrogen-bond acceptors (Lipinski definition) is 3. The summed E-state index contributed by atoms with van der Waals surface area (Å²) in [5.74, 6) is -0.405. The predicted octanol–water partition coefficient (Wildman–Crippen LogP) is 3.48. The lowest BCUT2D eigenvalue weighted by molar-refractivity contribution is -0.117. The Morgan fingerprint density at radius 2 is 2.19 bits per heavy atom. The first-order valence-electron chi connectivity index (χ1n) is 8.47. The summed E-state index contributed by atoms with van der Waals surface area (Å²) in [5, 5.41) is 8.10. The molecule has 4 aromatic heterocycles. The number of rotatable bonds is 3. The number of carbonyl (C=O) groups excluding carboxylic acids is 1. The van der Waals surface area contributed by atoms with Crippen LogP contribution in [0.25, 0.3) is 27.7 Å². The molecule has 0 unspecified atom stereocenters. The summed E-state index contributed by atoms with van der Waals surface area (Å²) in [4.78, 5) is 19.5. The van der Waals surface area contributed by atoms with E-state index in [0.717, 1.165) is 33.2 Å². The highest BCUT2D eigenvalue weighted by molar-refractivity contribution is 5.94. The third-order valence-electron chi connectivity index (χ3n) is 4.84. The van der Waals surface area contributed by atoms with Crippen LogP contribution in [-0.2, 0) is 4.79 Å². The monoisotopic (exact) mass is 349 g/mol. The van der Waals surface area contributed by atoms with E-state index in [2.05, 4.69) is 26.4 Å². The molecule has 1 aliphatic carbocycles. The number of alkyl halides is 1. The second kappa shape index (κ2) is 5.39. The van der Waals surface area contributed by atoms with Gasteiger partial charge in [0.1, 0.15) is 11.8 Å². The molecule has 2 atom stereocenters. The van der Waals surface area contributed by atoms with Gasteiger partial charge in [0.05, 0.1) is 11.4 Å². The molecule has 7 heteroatoms. The molecule has 130 valence electrons. The maximum absolute atomic E-state index is 13.0. The third kappa shape index (κ3) is 2.44. The molecular formula is C19H16FN5O. The van der Waals surface area contributed by atoms with Crippen LogP contribution in [-0.4, -0.2) is 31.7 Å². The van der Waals surface area contributed by atoms with Crippen molar-refractivity contribution in [1.29, 1.82) is 0 Å². The Bertz CT molecular complexity index is 1160. The fraction of sp³-hybridized carbons (Fsp3) is 0.211. The average molecular weight is 349 g/mol. The molecule has 1 amide bonds. The Labute approximate surface area is 148 Å². The van der Waals surface area contributed by atoms with E-state index in [9.17, 15) is 9.18 Å². The molecule has 4 heterocycles. The first-order valence-corrected chi connectivity index (χ1v) is 8.47. The lowest BCUT2D eigenvalue weighted by atomic mass is 10.1. The summed E-state index contributed by atoms with van der Waals surface area (Å²) >= 11 is 0. The molecular weight excluding hydrogens is 333 g/mol. The number of carbonyl (C=O) groups is 1. The number of aromatic amines is 1. The van der Waals surface area contributed by atoms with Gasteiger partial charge in [0, 0.05) is 35.6 Å². The van der Waals surface area contributed by atoms with Crippen molar-refractivity contribution in [3.05, 3.63) is 48.4 Å². The Morgan fingerprint density at radius 3 is 3.00 bits per heavy atom. The van der Waals surface area contributed by atoms with Crippen molar-refractivity contribution in [1.82, 2.24) is 19.6 Å². The fourth-order valence-corrected chi connectivity index (χ4v) is 3.18. The zero-order chi connectivity index (χ0) is 17.8. The Kier molecular flexibility index (Phi) is 3.12. The SMILES string of the molecule is Cc1c[nH]c2ncc(-c3ccn4nc(NC(=O)[C@@H]5C[C@@H]5F)cc4c3)cc12. The van der Waals surface area contributed by atoms with Crippen LogP contribution in [0, 0.1) is 12.8 Å². The number of nitrogens with zero attached hydrogens (tertiary/aromatic N) is 3. The lowest BCUT2D eigenvalue weighted by Gasteiger charge is -2.03. The van der Waals surface area contributed by atoms with Gasteiger partial charge in [-0.25, -0.2) is 13.9 Å². The predicted molar refractivity (Wildman–Crippen MR) is 96.6 cm³/mol. The minimum absolute atomic E-state index is 0.303. The lowest BCUT2D eigenvalue weighted by Crippen LogP contribution is -2.15. The van der Waals surface area contributed by atoms with E-state index >= 15 is 0 Å². The van der Waals surface area contributed by atoms with Gasteiger partial charge in [-0.15, -0.1) is 0 Å². The van der Waals surface area contributed by atoms with Crippen LogP contribution in [0.2, 0.25) is 0 Å². The van der Waals surface area contributed by atoms with Crippen molar-refractivity contribution < 1.29 is 9.18 Å². The van der Waals surface area contributed by atoms with E-state index in [-0.39, 0.29) is 5.91 Å². The van der Waals surface area contributed by atoms with Crippen molar-refractivity contribution in [2.75, 3.05) is 5.32 Å². The Morgan fingerprint density at radius 1 is 1.35 bits per heavy atom. The number of anilines is 1. The van der Waals surface area contributed by atoms with Gasteiger partial charge in [-0.3, -0.25) is 4.79 Å². The van der Waals surface area contributed by atoms with E-state index in [1.807, 2.05) is 37.6 Å². The number of H-pyrrole nitrogens is 1. The molecule has 0 spiro atoms. The quantitative estimate of drug-likeness (QED) is 0.595. The van der Waals surface area contributed by atoms with Gasteiger partial charge in [-0.2, -0.15) is 5.10 Å². The van der Waals surface area contributed by atoms with Crippen LogP contribution >= 0.6 is 0 Å². The van der Waals surface area contributed by atoms with Gasteiger partial charge >= 0.3 is 0 Å². The van der Waals surface area contributed by atoms with Crippen molar-refractivity contribution >= 4 is 28.3 Å². The highest BCUT2D eigenvalue weighted by Gasteiger charge is 2.43. The highest BCUT2D eigenvalue weighted by atomic mass is 19.1. The number of amides is 1. The number of halogens is 1. The number of pyridine rings is 2. The molecule has 1 fully saturated rings. The van der Waals surface area contributed by atoms with Crippen molar-refractivity contribution in [3.63, 3.8) is 0 Å². The smallest absolute Gasteiger partial charge is 0.231 e. The standard InChI is InChI=1S/C19H16FN5O/c1-10-8-21-18-14(10)5-12(9-22-18)11-2-3-25-13(4-11)6-17(24-25)23-19(26)15-7-16(15)20/h2-6,8-9,15-16H,7H2,1H3,(H,21,22)(H,23,24,26)/t15-,16+/m1/s1. The van der Waals surface area contributed by atoms with E-state index in [1.165, 1.54) is 0 Å². The molecule has 1 saturated carbocycles. The number of aryl methyl sites for hydroxylation is 1.